The molecule has 0 aliphatic heterocycles. The predicted molar refractivity (Wildman–Crippen MR) is 167 cm³/mol. The molecule has 1 N–H and O–H groups in total. The number of rotatable bonds is 14. The highest BCUT2D eigenvalue weighted by atomic mass is 35.5. The van der Waals surface area contributed by atoms with E-state index >= 15 is 0 Å². The summed E-state index contributed by atoms with van der Waals surface area (Å²) < 4.78 is 34.9. The molecule has 0 unspecified atom stereocenters. The zero-order valence-corrected chi connectivity index (χ0v) is 26.5. The average molecular weight is 614 g/mol. The molecule has 0 saturated carbocycles. The molecule has 3 rings (SSSR count). The molecule has 42 heavy (non-hydrogen) atoms. The molecule has 0 bridgehead atoms. The van der Waals surface area contributed by atoms with Crippen LogP contribution in [0.15, 0.2) is 71.6 Å². The average Bonchev–Trinajstić information content (AvgIpc) is 2.97. The third-order valence-corrected chi connectivity index (χ3v) is 9.15. The van der Waals surface area contributed by atoms with Gasteiger partial charge < -0.3 is 15.0 Å². The summed E-state index contributed by atoms with van der Waals surface area (Å²) in [6, 6.07) is 17.8. The van der Waals surface area contributed by atoms with Crippen molar-refractivity contribution in [2.75, 3.05) is 24.5 Å². The van der Waals surface area contributed by atoms with Crippen LogP contribution >= 0.6 is 11.6 Å². The summed E-state index contributed by atoms with van der Waals surface area (Å²) >= 11 is 6.47. The summed E-state index contributed by atoms with van der Waals surface area (Å²) in [5.41, 5.74) is 2.56. The molecule has 0 saturated heterocycles. The number of methoxy groups -OCH3 is 1. The molecule has 0 aliphatic rings. The van der Waals surface area contributed by atoms with E-state index in [9.17, 15) is 18.0 Å². The fraction of sp³-hybridized carbons (Fsp3) is 0.375. The lowest BCUT2D eigenvalue weighted by atomic mass is 10.1. The molecule has 3 aromatic rings. The molecule has 0 heterocycles. The first kappa shape index (κ1) is 32.9. The van der Waals surface area contributed by atoms with E-state index in [0.717, 1.165) is 28.3 Å². The van der Waals surface area contributed by atoms with Crippen LogP contribution in [0.25, 0.3) is 0 Å². The summed E-state index contributed by atoms with van der Waals surface area (Å²) in [5, 5.41) is 3.37. The van der Waals surface area contributed by atoms with Gasteiger partial charge in [-0.1, -0.05) is 73.8 Å². The van der Waals surface area contributed by atoms with Crippen molar-refractivity contribution in [3.63, 3.8) is 0 Å². The van der Waals surface area contributed by atoms with Crippen LogP contribution in [0.3, 0.4) is 0 Å². The summed E-state index contributed by atoms with van der Waals surface area (Å²) in [6.07, 6.45) is 2.03. The van der Waals surface area contributed by atoms with Gasteiger partial charge in [-0.15, -0.1) is 0 Å². The Balaban J connectivity index is 2.11. The first-order chi connectivity index (χ1) is 20.0. The van der Waals surface area contributed by atoms with Crippen LogP contribution in [0.5, 0.6) is 5.75 Å². The van der Waals surface area contributed by atoms with Gasteiger partial charge in [-0.25, -0.2) is 8.42 Å². The van der Waals surface area contributed by atoms with E-state index in [0.29, 0.717) is 29.3 Å². The lowest BCUT2D eigenvalue weighted by Gasteiger charge is -2.33. The standard InChI is InChI=1S/C32H40ClN3O5S/c1-6-8-19-34-32(38)28(7-2)35(21-25-11-9-10-12-27(25)33)31(37)22-36(29-20-24(4)15-18-30(29)41-5)42(39,40)26-16-13-23(3)14-17-26/h9-18,20,28H,6-8,19,21-22H2,1-5H3,(H,34,38)/t28-/m1/s1. The number of nitrogens with zero attached hydrogens (tertiary/aromatic N) is 2. The number of unbranched alkanes of at least 4 members (excludes halogenated alkanes) is 1. The lowest BCUT2D eigenvalue weighted by Crippen LogP contribution is -2.52. The Morgan fingerprint density at radius 2 is 1.64 bits per heavy atom. The zero-order chi connectivity index (χ0) is 30.9. The summed E-state index contributed by atoms with van der Waals surface area (Å²) in [7, 11) is -2.77. The number of carbonyl (C=O) groups is 2. The fourth-order valence-corrected chi connectivity index (χ4v) is 6.19. The minimum Gasteiger partial charge on any atom is -0.495 e. The van der Waals surface area contributed by atoms with E-state index in [1.165, 1.54) is 24.1 Å². The van der Waals surface area contributed by atoms with E-state index in [1.807, 2.05) is 27.7 Å². The van der Waals surface area contributed by atoms with Gasteiger partial charge in [0.25, 0.3) is 10.0 Å². The Hall–Kier alpha value is -3.56. The van der Waals surface area contributed by atoms with Crippen LogP contribution in [0.2, 0.25) is 5.02 Å². The van der Waals surface area contributed by atoms with Crippen molar-refractivity contribution < 1.29 is 22.7 Å². The smallest absolute Gasteiger partial charge is 0.264 e. The molecule has 0 spiro atoms. The van der Waals surface area contributed by atoms with Crippen molar-refractivity contribution in [2.24, 2.45) is 0 Å². The van der Waals surface area contributed by atoms with Crippen LogP contribution in [-0.2, 0) is 26.2 Å². The lowest BCUT2D eigenvalue weighted by molar-refractivity contribution is -0.140. The number of ether oxygens (including phenoxy) is 1. The monoisotopic (exact) mass is 613 g/mol. The first-order valence-electron chi connectivity index (χ1n) is 14.1. The number of halogens is 1. The molecule has 226 valence electrons. The minimum absolute atomic E-state index is 0.0293. The molecular weight excluding hydrogens is 574 g/mol. The Bertz CT molecular complexity index is 1480. The maximum Gasteiger partial charge on any atom is 0.264 e. The Morgan fingerprint density at radius 1 is 0.976 bits per heavy atom. The minimum atomic E-state index is -4.22. The van der Waals surface area contributed by atoms with Gasteiger partial charge in [-0.3, -0.25) is 13.9 Å². The fourth-order valence-electron chi connectivity index (χ4n) is 4.58. The number of sulfonamides is 1. The van der Waals surface area contributed by atoms with Gasteiger partial charge in [0.05, 0.1) is 17.7 Å². The highest BCUT2D eigenvalue weighted by Crippen LogP contribution is 2.34. The van der Waals surface area contributed by atoms with E-state index in [1.54, 1.807) is 54.6 Å². The van der Waals surface area contributed by atoms with Crippen molar-refractivity contribution in [3.8, 4) is 5.75 Å². The van der Waals surface area contributed by atoms with E-state index in [-0.39, 0.29) is 23.0 Å². The van der Waals surface area contributed by atoms with Gasteiger partial charge in [0.15, 0.2) is 0 Å². The van der Waals surface area contributed by atoms with E-state index < -0.39 is 28.5 Å². The Morgan fingerprint density at radius 3 is 2.26 bits per heavy atom. The van der Waals surface area contributed by atoms with Gasteiger partial charge in [-0.2, -0.15) is 0 Å². The number of hydrogen-bond acceptors (Lipinski definition) is 5. The van der Waals surface area contributed by atoms with Crippen molar-refractivity contribution in [1.29, 1.82) is 0 Å². The highest BCUT2D eigenvalue weighted by molar-refractivity contribution is 7.92. The van der Waals surface area contributed by atoms with E-state index in [4.69, 9.17) is 16.3 Å². The largest absolute Gasteiger partial charge is 0.495 e. The van der Waals surface area contributed by atoms with Gasteiger partial charge in [0.2, 0.25) is 11.8 Å². The number of hydrogen-bond donors (Lipinski definition) is 1. The Kier molecular flexibility index (Phi) is 11.8. The maximum absolute atomic E-state index is 14.2. The second-order valence-electron chi connectivity index (χ2n) is 10.2. The number of benzene rings is 3. The number of amides is 2. The summed E-state index contributed by atoms with van der Waals surface area (Å²) in [5.74, 6) is -0.551. The summed E-state index contributed by atoms with van der Waals surface area (Å²) in [4.78, 5) is 29.0. The van der Waals surface area contributed by atoms with Gasteiger partial charge in [-0.05, 0) is 68.1 Å². The van der Waals surface area contributed by atoms with Crippen LogP contribution in [-0.4, -0.2) is 51.4 Å². The maximum atomic E-state index is 14.2. The van der Waals surface area contributed by atoms with Crippen LogP contribution in [0.1, 0.15) is 49.8 Å². The van der Waals surface area contributed by atoms with Crippen LogP contribution in [0, 0.1) is 13.8 Å². The van der Waals surface area contributed by atoms with Crippen molar-refractivity contribution in [2.45, 2.75) is 64.4 Å². The number of nitrogens with one attached hydrogen (secondary N) is 1. The third kappa shape index (κ3) is 8.04. The zero-order valence-electron chi connectivity index (χ0n) is 24.9. The number of carbonyl (C=O) groups excluding carboxylic acids is 2. The molecule has 0 aromatic heterocycles. The van der Waals surface area contributed by atoms with Crippen LogP contribution in [0.4, 0.5) is 5.69 Å². The first-order valence-corrected chi connectivity index (χ1v) is 15.9. The normalized spacial score (nSPS) is 12.0. The van der Waals surface area contributed by atoms with Crippen molar-refractivity contribution >= 4 is 39.1 Å². The predicted octanol–water partition coefficient (Wildman–Crippen LogP) is 5.88. The second-order valence-corrected chi connectivity index (χ2v) is 12.5. The van der Waals surface area contributed by atoms with E-state index in [2.05, 4.69) is 5.32 Å². The number of aryl methyl sites for hydroxylation is 2. The molecular formula is C32H40ClN3O5S. The third-order valence-electron chi connectivity index (χ3n) is 7.00. The highest BCUT2D eigenvalue weighted by Gasteiger charge is 2.35. The Labute approximate surface area is 254 Å². The molecule has 0 radical (unpaired) electrons. The molecule has 1 atom stereocenters. The number of anilines is 1. The van der Waals surface area contributed by atoms with Gasteiger partial charge in [0, 0.05) is 18.1 Å². The summed E-state index contributed by atoms with van der Waals surface area (Å²) in [6.45, 7) is 7.50. The molecule has 2 amide bonds. The van der Waals surface area contributed by atoms with Gasteiger partial charge in [0.1, 0.15) is 18.3 Å². The molecule has 3 aromatic carbocycles. The van der Waals surface area contributed by atoms with Crippen molar-refractivity contribution in [1.82, 2.24) is 10.2 Å². The van der Waals surface area contributed by atoms with Crippen LogP contribution < -0.4 is 14.4 Å². The molecule has 8 nitrogen and oxygen atoms in total. The second kappa shape index (κ2) is 15.1. The molecule has 0 aliphatic carbocycles. The SMILES string of the molecule is CCCCNC(=O)[C@@H](CC)N(Cc1ccccc1Cl)C(=O)CN(c1cc(C)ccc1OC)S(=O)(=O)c1ccc(C)cc1. The topological polar surface area (TPSA) is 96.0 Å². The molecule has 0 fully saturated rings. The quantitative estimate of drug-likeness (QED) is 0.229. The molecule has 10 heteroatoms. The van der Waals surface area contributed by atoms with Gasteiger partial charge >= 0.3 is 0 Å². The van der Waals surface area contributed by atoms with Crippen molar-refractivity contribution in [3.05, 3.63) is 88.4 Å².